The molecule has 222 valence electrons. The number of benzene rings is 2. The van der Waals surface area contributed by atoms with Crippen LogP contribution in [0.2, 0.25) is 0 Å². The number of amides is 3. The van der Waals surface area contributed by atoms with Crippen molar-refractivity contribution in [2.45, 2.75) is 74.0 Å². The standard InChI is InChI=1S/C23H35N3O5.C6H6.C3H8/c1-13(2)10-24-20(28)12-26(11-14(3)4)23(31)21(29)17(7)25-22(30)18-8-15(5)9-19(27)16(18)6;1-2-4-6-5-3-1;1-3-2/h8-9,13,17,21,27,29H,3,10-12H2,1-2,4-7H3,(H,24,28)(H,25,30);1-6H;3H2,1-2H3. The number of phenols is 1. The molecule has 2 unspecified atom stereocenters. The maximum Gasteiger partial charge on any atom is 0.254 e. The first kappa shape index (κ1) is 36.4. The first-order valence-electron chi connectivity index (χ1n) is 13.7. The van der Waals surface area contributed by atoms with Crippen molar-refractivity contribution in [3.63, 3.8) is 0 Å². The van der Waals surface area contributed by atoms with E-state index in [0.717, 1.165) is 0 Å². The third kappa shape index (κ3) is 14.5. The maximum atomic E-state index is 12.9. The Morgan fingerprint density at radius 2 is 1.45 bits per heavy atom. The van der Waals surface area contributed by atoms with Gasteiger partial charge in [-0.05, 0) is 51.3 Å². The summed E-state index contributed by atoms with van der Waals surface area (Å²) >= 11 is 0. The Labute approximate surface area is 240 Å². The molecule has 0 saturated carbocycles. The molecule has 0 aliphatic carbocycles. The Kier molecular flexibility index (Phi) is 17.6. The van der Waals surface area contributed by atoms with Gasteiger partial charge in [0.05, 0.1) is 12.6 Å². The van der Waals surface area contributed by atoms with Gasteiger partial charge in [0, 0.05) is 24.2 Å². The Morgan fingerprint density at radius 1 is 0.950 bits per heavy atom. The van der Waals surface area contributed by atoms with Crippen molar-refractivity contribution in [1.82, 2.24) is 15.5 Å². The molecule has 0 aliphatic heterocycles. The predicted molar refractivity (Wildman–Crippen MR) is 162 cm³/mol. The lowest BCUT2D eigenvalue weighted by Crippen LogP contribution is -2.52. The predicted octanol–water partition coefficient (Wildman–Crippen LogP) is 4.77. The summed E-state index contributed by atoms with van der Waals surface area (Å²) in [5.74, 6) is -1.27. The van der Waals surface area contributed by atoms with Gasteiger partial charge in [0.1, 0.15) is 5.75 Å². The second-order valence-electron chi connectivity index (χ2n) is 10.4. The third-order valence-electron chi connectivity index (χ3n) is 5.34. The van der Waals surface area contributed by atoms with Crippen LogP contribution in [0.15, 0.2) is 60.7 Å². The van der Waals surface area contributed by atoms with E-state index in [0.29, 0.717) is 23.2 Å². The van der Waals surface area contributed by atoms with Crippen molar-refractivity contribution in [2.24, 2.45) is 5.92 Å². The number of aliphatic hydroxyl groups excluding tert-OH is 1. The van der Waals surface area contributed by atoms with Gasteiger partial charge >= 0.3 is 0 Å². The number of carbonyl (C=O) groups is 3. The largest absolute Gasteiger partial charge is 0.508 e. The van der Waals surface area contributed by atoms with E-state index in [1.807, 2.05) is 50.2 Å². The number of hydrogen-bond acceptors (Lipinski definition) is 5. The summed E-state index contributed by atoms with van der Waals surface area (Å²) < 4.78 is 0. The number of nitrogens with zero attached hydrogens (tertiary/aromatic N) is 1. The fraction of sp³-hybridized carbons (Fsp3) is 0.469. The zero-order valence-corrected chi connectivity index (χ0v) is 25.5. The van der Waals surface area contributed by atoms with Crippen LogP contribution in [0.4, 0.5) is 0 Å². The minimum Gasteiger partial charge on any atom is -0.508 e. The molecule has 0 aromatic heterocycles. The molecular formula is C32H49N3O5. The highest BCUT2D eigenvalue weighted by Crippen LogP contribution is 2.22. The molecule has 8 heteroatoms. The molecule has 8 nitrogen and oxygen atoms in total. The molecule has 2 rings (SSSR count). The highest BCUT2D eigenvalue weighted by molar-refractivity contribution is 5.97. The van der Waals surface area contributed by atoms with Gasteiger partial charge in [0.2, 0.25) is 5.91 Å². The summed E-state index contributed by atoms with van der Waals surface area (Å²) in [7, 11) is 0. The molecule has 0 bridgehead atoms. The van der Waals surface area contributed by atoms with Crippen molar-refractivity contribution in [3.8, 4) is 5.75 Å². The van der Waals surface area contributed by atoms with Crippen LogP contribution in [0.1, 0.15) is 69.4 Å². The monoisotopic (exact) mass is 555 g/mol. The van der Waals surface area contributed by atoms with E-state index in [-0.39, 0.29) is 36.2 Å². The number of nitrogens with one attached hydrogen (secondary N) is 2. The molecule has 3 amide bonds. The number of aromatic hydroxyl groups is 1. The molecular weight excluding hydrogens is 506 g/mol. The summed E-state index contributed by atoms with van der Waals surface area (Å²) in [6.45, 7) is 18.9. The van der Waals surface area contributed by atoms with Gasteiger partial charge in [-0.25, -0.2) is 0 Å². The molecule has 2 aromatic rings. The van der Waals surface area contributed by atoms with E-state index in [1.54, 1.807) is 32.9 Å². The minimum atomic E-state index is -1.56. The first-order chi connectivity index (χ1) is 18.7. The normalized spacial score (nSPS) is 11.6. The van der Waals surface area contributed by atoms with Crippen LogP contribution in [0.5, 0.6) is 5.75 Å². The van der Waals surface area contributed by atoms with Crippen LogP contribution >= 0.6 is 0 Å². The lowest BCUT2D eigenvalue weighted by atomic mass is 10.0. The zero-order chi connectivity index (χ0) is 30.8. The maximum absolute atomic E-state index is 12.9. The molecule has 0 aliphatic rings. The topological polar surface area (TPSA) is 119 Å². The SMILES string of the molecule is C=C(C)CN(CC(=O)NCC(C)C)C(=O)C(O)C(C)NC(=O)c1cc(C)cc(O)c1C.CCC.c1ccccc1. The van der Waals surface area contributed by atoms with Crippen molar-refractivity contribution in [3.05, 3.63) is 77.4 Å². The second kappa shape index (κ2) is 19.4. The van der Waals surface area contributed by atoms with E-state index in [1.165, 1.54) is 18.2 Å². The number of hydrogen-bond donors (Lipinski definition) is 4. The lowest BCUT2D eigenvalue weighted by Gasteiger charge is -2.28. The van der Waals surface area contributed by atoms with E-state index < -0.39 is 24.0 Å². The Hall–Kier alpha value is -3.65. The average Bonchev–Trinajstić information content (AvgIpc) is 2.89. The summed E-state index contributed by atoms with van der Waals surface area (Å²) in [4.78, 5) is 38.9. The summed E-state index contributed by atoms with van der Waals surface area (Å²) in [5, 5.41) is 25.8. The smallest absolute Gasteiger partial charge is 0.254 e. The fourth-order valence-corrected chi connectivity index (χ4v) is 3.31. The van der Waals surface area contributed by atoms with Crippen LogP contribution in [-0.2, 0) is 9.59 Å². The van der Waals surface area contributed by atoms with Crippen LogP contribution in [0.3, 0.4) is 0 Å². The molecule has 0 saturated heterocycles. The van der Waals surface area contributed by atoms with Crippen LogP contribution in [0.25, 0.3) is 0 Å². The van der Waals surface area contributed by atoms with Gasteiger partial charge < -0.3 is 25.7 Å². The molecule has 2 atom stereocenters. The Balaban J connectivity index is 0.00000143. The Bertz CT molecular complexity index is 1040. The lowest BCUT2D eigenvalue weighted by molar-refractivity contribution is -0.143. The van der Waals surface area contributed by atoms with Crippen LogP contribution < -0.4 is 10.6 Å². The van der Waals surface area contributed by atoms with Crippen molar-refractivity contribution in [1.29, 1.82) is 0 Å². The van der Waals surface area contributed by atoms with Crippen LogP contribution in [0, 0.1) is 19.8 Å². The summed E-state index contributed by atoms with van der Waals surface area (Å²) in [6.07, 6.45) is -0.306. The molecule has 4 N–H and O–H groups in total. The van der Waals surface area contributed by atoms with Gasteiger partial charge in [-0.3, -0.25) is 14.4 Å². The quantitative estimate of drug-likeness (QED) is 0.315. The van der Waals surface area contributed by atoms with Gasteiger partial charge in [-0.15, -0.1) is 0 Å². The van der Waals surface area contributed by atoms with Crippen molar-refractivity contribution < 1.29 is 24.6 Å². The number of rotatable bonds is 10. The highest BCUT2D eigenvalue weighted by Gasteiger charge is 2.30. The van der Waals surface area contributed by atoms with E-state index in [4.69, 9.17) is 0 Å². The summed E-state index contributed by atoms with van der Waals surface area (Å²) in [5.41, 5.74) is 2.02. The van der Waals surface area contributed by atoms with E-state index in [2.05, 4.69) is 31.1 Å². The highest BCUT2D eigenvalue weighted by atomic mass is 16.3. The third-order valence-corrected chi connectivity index (χ3v) is 5.34. The molecule has 40 heavy (non-hydrogen) atoms. The number of aryl methyl sites for hydroxylation is 1. The molecule has 0 heterocycles. The van der Waals surface area contributed by atoms with Gasteiger partial charge in [0.15, 0.2) is 6.10 Å². The molecule has 0 spiro atoms. The number of carbonyl (C=O) groups excluding carboxylic acids is 3. The Morgan fingerprint density at radius 3 is 1.90 bits per heavy atom. The van der Waals surface area contributed by atoms with Gasteiger partial charge in [-0.2, -0.15) is 0 Å². The summed E-state index contributed by atoms with van der Waals surface area (Å²) in [6, 6.07) is 14.2. The van der Waals surface area contributed by atoms with Crippen LogP contribution in [-0.4, -0.2) is 64.6 Å². The van der Waals surface area contributed by atoms with Crippen molar-refractivity contribution >= 4 is 17.7 Å². The second-order valence-corrected chi connectivity index (χ2v) is 10.4. The fourth-order valence-electron chi connectivity index (χ4n) is 3.31. The number of aliphatic hydroxyl groups is 1. The zero-order valence-electron chi connectivity index (χ0n) is 25.5. The molecule has 0 fully saturated rings. The molecule has 2 aromatic carbocycles. The van der Waals surface area contributed by atoms with Gasteiger partial charge in [-0.1, -0.05) is 82.7 Å². The van der Waals surface area contributed by atoms with E-state index in [9.17, 15) is 24.6 Å². The number of phenolic OH excluding ortho intramolecular Hbond substituents is 1. The molecule has 0 radical (unpaired) electrons. The minimum absolute atomic E-state index is 0.00512. The average molecular weight is 556 g/mol. The first-order valence-corrected chi connectivity index (χ1v) is 13.7. The van der Waals surface area contributed by atoms with Crippen molar-refractivity contribution in [2.75, 3.05) is 19.6 Å². The van der Waals surface area contributed by atoms with E-state index >= 15 is 0 Å². The van der Waals surface area contributed by atoms with Gasteiger partial charge in [0.25, 0.3) is 11.8 Å².